The van der Waals surface area contributed by atoms with Crippen LogP contribution in [0.3, 0.4) is 0 Å². The van der Waals surface area contributed by atoms with Crippen molar-refractivity contribution in [3.63, 3.8) is 0 Å². The van der Waals surface area contributed by atoms with Crippen LogP contribution in [0.1, 0.15) is 13.3 Å². The van der Waals surface area contributed by atoms with Crippen molar-refractivity contribution in [1.29, 1.82) is 0 Å². The fourth-order valence-electron chi connectivity index (χ4n) is 6.39. The molecule has 4 rings (SSSR count). The van der Waals surface area contributed by atoms with Gasteiger partial charge in [0.2, 0.25) is 5.91 Å². The summed E-state index contributed by atoms with van der Waals surface area (Å²) in [4.78, 5) is 39.7. The number of amides is 1. The van der Waals surface area contributed by atoms with Crippen LogP contribution in [-0.2, 0) is 89.7 Å². The molecule has 3 heterocycles. The topological polar surface area (TPSA) is 343 Å². The van der Waals surface area contributed by atoms with E-state index in [1.54, 1.807) is 0 Å². The Morgan fingerprint density at radius 1 is 0.736 bits per heavy atom. The molecule has 0 radical (unpaired) electrons. The zero-order chi connectivity index (χ0) is 37.7. The zero-order valence-electron chi connectivity index (χ0n) is 28.1. The Labute approximate surface area is 330 Å². The monoisotopic (exact) mass is 936 g/mol. The molecular formula is C29H44Mo2N2O20-2. The van der Waals surface area contributed by atoms with Gasteiger partial charge in [0, 0.05) is 61.6 Å². The number of methoxy groups -OCH3 is 1. The van der Waals surface area contributed by atoms with Crippen molar-refractivity contribution >= 4 is 24.9 Å². The molecule has 304 valence electrons. The van der Waals surface area contributed by atoms with E-state index in [2.05, 4.69) is 10.3 Å². The first-order chi connectivity index (χ1) is 24.2. The first-order valence-electron chi connectivity index (χ1n) is 15.9. The number of aliphatic hydroxyl groups excluding tert-OH is 10. The number of hydrogen-bond donors (Lipinski definition) is 11. The van der Waals surface area contributed by atoms with Gasteiger partial charge in [-0.2, -0.15) is 0 Å². The molecule has 0 unspecified atom stereocenters. The van der Waals surface area contributed by atoms with Crippen molar-refractivity contribution in [1.82, 2.24) is 5.32 Å². The van der Waals surface area contributed by atoms with E-state index in [1.165, 1.54) is 19.7 Å². The Bertz CT molecular complexity index is 1200. The molecule has 0 aromatic carbocycles. The average Bonchev–Trinajstić information content (AvgIpc) is 3.10. The van der Waals surface area contributed by atoms with E-state index in [4.69, 9.17) is 33.2 Å². The standard InChI is InChI=1S/C29H44N2O20.2Mo/c1-9(36)31-16-26(51-28-22(43)20(41)18(39)12(5-33)47-28)19(40)13(6-34)46-27(16)49-24-14(7-35)48-29(23(44)21(24)42)50-25-15(30-8-45-2)11(37)3-10(4-32)17(25)38;;/h8,10-29,32,34,37-44H,3-4,6H2,1-2H3,(H,31,36);;/q-2;;/t10-,11-,12-,13-,14-,15+,16-,17-,18-,19-,20+,21-,22-,23-,24-,25-,26-,27+,28+,29+;;/m1../s1. The summed E-state index contributed by atoms with van der Waals surface area (Å²) in [6.45, 7) is -0.446. The summed E-state index contributed by atoms with van der Waals surface area (Å²) >= 11 is 0. The summed E-state index contributed by atoms with van der Waals surface area (Å²) in [5, 5.41) is 108. The maximum atomic E-state index is 12.3. The van der Waals surface area contributed by atoms with Crippen LogP contribution in [0.2, 0.25) is 0 Å². The third-order valence-corrected chi connectivity index (χ3v) is 9.11. The van der Waals surface area contributed by atoms with Gasteiger partial charge in [0.25, 0.3) is 0 Å². The van der Waals surface area contributed by atoms with Crippen LogP contribution < -0.4 is 5.32 Å². The Balaban J connectivity index is 0.00000486. The molecular weight excluding hydrogens is 888 g/mol. The molecule has 3 aliphatic heterocycles. The normalized spacial score (nSPS) is 46.0. The van der Waals surface area contributed by atoms with Crippen molar-refractivity contribution in [3.8, 4) is 0 Å². The predicted molar refractivity (Wildman–Crippen MR) is 159 cm³/mol. The summed E-state index contributed by atoms with van der Waals surface area (Å²) in [6.07, 6.45) is -27.1. The number of aliphatic imine (C=N–C) groups is 1. The van der Waals surface area contributed by atoms with Gasteiger partial charge < -0.3 is 99.1 Å². The van der Waals surface area contributed by atoms with Crippen LogP contribution in [0.15, 0.2) is 4.99 Å². The van der Waals surface area contributed by atoms with Gasteiger partial charge in [-0.1, -0.05) is 0 Å². The number of rotatable bonds is 13. The van der Waals surface area contributed by atoms with Crippen LogP contribution in [0, 0.1) is 5.92 Å². The number of aliphatic hydroxyl groups is 10. The van der Waals surface area contributed by atoms with E-state index in [9.17, 15) is 65.4 Å². The Morgan fingerprint density at radius 3 is 1.85 bits per heavy atom. The molecule has 1 saturated carbocycles. The maximum absolute atomic E-state index is 12.3. The average molecular weight is 933 g/mol. The van der Waals surface area contributed by atoms with Crippen molar-refractivity contribution < 1.29 is 141 Å². The van der Waals surface area contributed by atoms with E-state index in [-0.39, 0.29) is 48.6 Å². The molecule has 0 bridgehead atoms. The van der Waals surface area contributed by atoms with Crippen LogP contribution >= 0.6 is 0 Å². The Morgan fingerprint density at radius 2 is 1.30 bits per heavy atom. The van der Waals surface area contributed by atoms with Gasteiger partial charge in [-0.3, -0.25) is 4.79 Å². The van der Waals surface area contributed by atoms with Gasteiger partial charge in [-0.05, 0) is 18.6 Å². The second-order valence-corrected chi connectivity index (χ2v) is 12.5. The first-order valence-corrected chi connectivity index (χ1v) is 15.9. The van der Waals surface area contributed by atoms with Gasteiger partial charge in [0.1, 0.15) is 60.9 Å². The van der Waals surface area contributed by atoms with Gasteiger partial charge in [-0.25, -0.2) is 17.6 Å². The molecule has 1 amide bonds. The van der Waals surface area contributed by atoms with Crippen LogP contribution in [0.25, 0.3) is 0 Å². The number of carbonyl (C=O) groups excluding carboxylic acids is 3. The fraction of sp³-hybridized carbons (Fsp3) is 0.862. The van der Waals surface area contributed by atoms with E-state index >= 15 is 0 Å². The molecule has 4 fully saturated rings. The number of ether oxygens (including phenoxy) is 7. The molecule has 20 atom stereocenters. The SMILES string of the molecule is COC=N[C@@H]1[C@@H](O[C@@H]2O[C@H]([C-]=O)[C@@H](O[C@@H]3O[C@H](CO)[C@@H](O)[C@H](O[C@@H]4O[C@H]([C-]=O)[C@@H](O)[C@H](O)[C@H]4O)[C@H]3NC(C)=O)[C@H](O)[C@H]2O)[C@H](O)[C@@H](CO)C[C@H]1O.[Mo].[Mo]. The minimum Gasteiger partial charge on any atom is -0.539 e. The number of nitrogens with one attached hydrogen (secondary N) is 1. The molecule has 0 aromatic rings. The molecule has 1 aliphatic carbocycles. The number of carbonyl (C=O) groups is 1. The summed E-state index contributed by atoms with van der Waals surface area (Å²) < 4.78 is 38.4. The first kappa shape index (κ1) is 48.2. The molecule has 22 nitrogen and oxygen atoms in total. The minimum atomic E-state index is -2.08. The van der Waals surface area contributed by atoms with E-state index in [0.29, 0.717) is 0 Å². The quantitative estimate of drug-likeness (QED) is 0.0354. The summed E-state index contributed by atoms with van der Waals surface area (Å²) in [5.74, 6) is -1.68. The Kier molecular flexibility index (Phi) is 19.6. The van der Waals surface area contributed by atoms with Gasteiger partial charge >= 0.3 is 0 Å². The molecule has 3 saturated heterocycles. The van der Waals surface area contributed by atoms with Crippen molar-refractivity contribution in [2.75, 3.05) is 20.3 Å². The van der Waals surface area contributed by atoms with E-state index in [1.807, 2.05) is 0 Å². The van der Waals surface area contributed by atoms with Crippen LogP contribution in [-0.4, -0.2) is 213 Å². The summed E-state index contributed by atoms with van der Waals surface area (Å²) in [7, 11) is 1.27. The molecule has 11 N–H and O–H groups in total. The van der Waals surface area contributed by atoms with Gasteiger partial charge in [-0.15, -0.1) is 0 Å². The van der Waals surface area contributed by atoms with E-state index < -0.39 is 141 Å². The van der Waals surface area contributed by atoms with Crippen molar-refractivity contribution in [2.24, 2.45) is 10.9 Å². The van der Waals surface area contributed by atoms with Crippen molar-refractivity contribution in [3.05, 3.63) is 0 Å². The summed E-state index contributed by atoms with van der Waals surface area (Å²) in [6, 6.07) is -2.86. The molecule has 0 spiro atoms. The smallest absolute Gasteiger partial charge is 0.217 e. The second-order valence-electron chi connectivity index (χ2n) is 12.5. The third kappa shape index (κ3) is 10.7. The largest absolute Gasteiger partial charge is 0.539 e. The molecule has 53 heavy (non-hydrogen) atoms. The van der Waals surface area contributed by atoms with Gasteiger partial charge in [0.05, 0.1) is 38.1 Å². The third-order valence-electron chi connectivity index (χ3n) is 9.11. The van der Waals surface area contributed by atoms with E-state index in [0.717, 1.165) is 13.3 Å². The second kappa shape index (κ2) is 21.5. The number of nitrogens with zero attached hydrogens (tertiary/aromatic N) is 1. The number of hydrogen-bond acceptors (Lipinski definition) is 21. The predicted octanol–water partition coefficient (Wildman–Crippen LogP) is -8.03. The Hall–Kier alpha value is -0.983. The zero-order valence-corrected chi connectivity index (χ0v) is 32.1. The van der Waals surface area contributed by atoms with Crippen molar-refractivity contribution in [2.45, 2.75) is 130 Å². The molecule has 24 heteroatoms. The molecule has 0 aromatic heterocycles. The van der Waals surface area contributed by atoms with Crippen LogP contribution in [0.4, 0.5) is 0 Å². The minimum absolute atomic E-state index is 0. The van der Waals surface area contributed by atoms with Crippen LogP contribution in [0.5, 0.6) is 0 Å². The fourth-order valence-corrected chi connectivity index (χ4v) is 6.39. The molecule has 4 aliphatic rings. The van der Waals surface area contributed by atoms with Gasteiger partial charge in [0.15, 0.2) is 25.3 Å². The maximum Gasteiger partial charge on any atom is 0.217 e. The summed E-state index contributed by atoms with van der Waals surface area (Å²) in [5.41, 5.74) is 0.